The number of aliphatic hydroxyl groups is 1. The predicted octanol–water partition coefficient (Wildman–Crippen LogP) is 2.65. The summed E-state index contributed by atoms with van der Waals surface area (Å²) in [6.07, 6.45) is 3.04. The molecule has 0 aliphatic heterocycles. The third-order valence-electron chi connectivity index (χ3n) is 5.32. The molecule has 30 heavy (non-hydrogen) atoms. The van der Waals surface area contributed by atoms with Crippen molar-refractivity contribution < 1.29 is 9.90 Å². The summed E-state index contributed by atoms with van der Waals surface area (Å²) in [5, 5.41) is 20.3. The van der Waals surface area contributed by atoms with E-state index in [0.29, 0.717) is 22.9 Å². The van der Waals surface area contributed by atoms with Crippen LogP contribution in [-0.2, 0) is 0 Å². The van der Waals surface area contributed by atoms with E-state index in [1.165, 1.54) is 4.68 Å². The number of aryl methyl sites for hydroxylation is 1. The highest BCUT2D eigenvalue weighted by molar-refractivity contribution is 5.94. The van der Waals surface area contributed by atoms with Crippen LogP contribution >= 0.6 is 0 Å². The first-order chi connectivity index (χ1) is 14.5. The average Bonchev–Trinajstić information content (AvgIpc) is 3.10. The van der Waals surface area contributed by atoms with Crippen LogP contribution in [0.1, 0.15) is 41.6 Å². The minimum absolute atomic E-state index is 0.195. The molecule has 0 bridgehead atoms. The largest absolute Gasteiger partial charge is 0.391 e. The fourth-order valence-electron chi connectivity index (χ4n) is 3.69. The van der Waals surface area contributed by atoms with Crippen molar-refractivity contribution in [1.29, 1.82) is 0 Å². The van der Waals surface area contributed by atoms with Crippen LogP contribution in [-0.4, -0.2) is 37.9 Å². The fraction of sp³-hybridized carbons (Fsp3) is 0.318. The standard InChI is InChI=1S/C22H25N5O3/c1-14-5-4-6-17(13-14)27-22(30)25-21(26-27)23-16-11-9-15(10-12-16)20(29)24-18-7-2-3-8-19(18)28/h4-6,9-13,18-19,28H,2-3,7-8H2,1H3,(H,24,29)(H2,23,25,26,30)/t18-,19+/m0/s1. The first-order valence-corrected chi connectivity index (χ1v) is 10.1. The van der Waals surface area contributed by atoms with Crippen LogP contribution in [0.3, 0.4) is 0 Å². The second kappa shape index (κ2) is 8.54. The van der Waals surface area contributed by atoms with E-state index < -0.39 is 6.10 Å². The monoisotopic (exact) mass is 407 g/mol. The number of nitrogens with one attached hydrogen (secondary N) is 3. The molecule has 2 aromatic carbocycles. The number of benzene rings is 2. The van der Waals surface area contributed by atoms with Crippen molar-refractivity contribution in [2.24, 2.45) is 0 Å². The van der Waals surface area contributed by atoms with Crippen molar-refractivity contribution in [3.05, 3.63) is 70.1 Å². The number of anilines is 2. The van der Waals surface area contributed by atoms with Gasteiger partial charge in [0.2, 0.25) is 5.95 Å². The molecule has 2 atom stereocenters. The van der Waals surface area contributed by atoms with E-state index >= 15 is 0 Å². The molecule has 1 aliphatic rings. The molecule has 0 unspecified atom stereocenters. The van der Waals surface area contributed by atoms with Crippen LogP contribution in [0, 0.1) is 6.92 Å². The molecule has 4 rings (SSSR count). The number of carbonyl (C=O) groups excluding carboxylic acids is 1. The molecular weight excluding hydrogens is 382 g/mol. The summed E-state index contributed by atoms with van der Waals surface area (Å²) >= 11 is 0. The number of carbonyl (C=O) groups is 1. The Morgan fingerprint density at radius 2 is 1.93 bits per heavy atom. The molecule has 1 amide bonds. The van der Waals surface area contributed by atoms with Gasteiger partial charge in [-0.25, -0.2) is 4.79 Å². The number of rotatable bonds is 5. The molecule has 1 fully saturated rings. The van der Waals surface area contributed by atoms with E-state index in [1.54, 1.807) is 24.3 Å². The summed E-state index contributed by atoms with van der Waals surface area (Å²) in [4.78, 5) is 27.4. The number of aliphatic hydroxyl groups excluding tert-OH is 1. The van der Waals surface area contributed by atoms with Crippen LogP contribution in [0.15, 0.2) is 53.3 Å². The van der Waals surface area contributed by atoms with Gasteiger partial charge in [-0.05, 0) is 61.7 Å². The van der Waals surface area contributed by atoms with Gasteiger partial charge in [-0.3, -0.25) is 9.78 Å². The molecule has 3 aromatic rings. The first kappa shape index (κ1) is 19.9. The van der Waals surface area contributed by atoms with E-state index in [0.717, 1.165) is 31.2 Å². The highest BCUT2D eigenvalue weighted by Gasteiger charge is 2.24. The van der Waals surface area contributed by atoms with Gasteiger partial charge in [0, 0.05) is 11.3 Å². The predicted molar refractivity (Wildman–Crippen MR) is 114 cm³/mol. The van der Waals surface area contributed by atoms with Crippen LogP contribution < -0.4 is 16.3 Å². The van der Waals surface area contributed by atoms with Crippen molar-refractivity contribution in [2.75, 3.05) is 5.32 Å². The lowest BCUT2D eigenvalue weighted by Crippen LogP contribution is -2.45. The van der Waals surface area contributed by atoms with Crippen molar-refractivity contribution in [3.63, 3.8) is 0 Å². The zero-order valence-corrected chi connectivity index (χ0v) is 16.8. The summed E-state index contributed by atoms with van der Waals surface area (Å²) in [6.45, 7) is 1.95. The Morgan fingerprint density at radius 1 is 1.17 bits per heavy atom. The maximum absolute atomic E-state index is 12.5. The van der Waals surface area contributed by atoms with Crippen LogP contribution in [0.2, 0.25) is 0 Å². The quantitative estimate of drug-likeness (QED) is 0.519. The zero-order valence-electron chi connectivity index (χ0n) is 16.8. The topological polar surface area (TPSA) is 112 Å². The Hall–Kier alpha value is -3.39. The SMILES string of the molecule is Cc1cccc(-n2nc(Nc3ccc(C(=O)N[C@H]4CCCC[C@H]4O)cc3)[nH]c2=O)c1. The molecule has 0 spiro atoms. The van der Waals surface area contributed by atoms with Gasteiger partial charge in [-0.15, -0.1) is 5.10 Å². The van der Waals surface area contributed by atoms with Gasteiger partial charge >= 0.3 is 5.69 Å². The minimum atomic E-state index is -0.482. The molecular formula is C22H25N5O3. The summed E-state index contributed by atoms with van der Waals surface area (Å²) in [5.74, 6) is 0.105. The molecule has 8 nitrogen and oxygen atoms in total. The van der Waals surface area contributed by atoms with E-state index in [4.69, 9.17) is 0 Å². The lowest BCUT2D eigenvalue weighted by atomic mass is 9.92. The van der Waals surface area contributed by atoms with Crippen molar-refractivity contribution in [3.8, 4) is 5.69 Å². The Labute approximate surface area is 174 Å². The summed E-state index contributed by atoms with van der Waals surface area (Å²) in [6, 6.07) is 14.2. The summed E-state index contributed by atoms with van der Waals surface area (Å²) in [7, 11) is 0. The number of amides is 1. The number of aromatic amines is 1. The molecule has 1 aliphatic carbocycles. The number of hydrogen-bond donors (Lipinski definition) is 4. The fourth-order valence-corrected chi connectivity index (χ4v) is 3.69. The van der Waals surface area contributed by atoms with Gasteiger partial charge in [0.25, 0.3) is 5.91 Å². The highest BCUT2D eigenvalue weighted by atomic mass is 16.3. The Bertz CT molecular complexity index is 1090. The Morgan fingerprint density at radius 3 is 2.67 bits per heavy atom. The third kappa shape index (κ3) is 4.44. The maximum Gasteiger partial charge on any atom is 0.349 e. The van der Waals surface area contributed by atoms with Crippen LogP contribution in [0.4, 0.5) is 11.6 Å². The highest BCUT2D eigenvalue weighted by Crippen LogP contribution is 2.19. The van der Waals surface area contributed by atoms with E-state index in [1.807, 2.05) is 31.2 Å². The summed E-state index contributed by atoms with van der Waals surface area (Å²) < 4.78 is 1.30. The van der Waals surface area contributed by atoms with Gasteiger partial charge < -0.3 is 15.7 Å². The van der Waals surface area contributed by atoms with Gasteiger partial charge in [-0.2, -0.15) is 4.68 Å². The maximum atomic E-state index is 12.5. The molecule has 1 saturated carbocycles. The normalized spacial score (nSPS) is 18.7. The lowest BCUT2D eigenvalue weighted by Gasteiger charge is -2.28. The molecule has 156 valence electrons. The second-order valence-electron chi connectivity index (χ2n) is 7.66. The molecule has 8 heteroatoms. The van der Waals surface area contributed by atoms with E-state index in [2.05, 4.69) is 20.7 Å². The van der Waals surface area contributed by atoms with Gasteiger partial charge in [0.1, 0.15) is 0 Å². The minimum Gasteiger partial charge on any atom is -0.391 e. The van der Waals surface area contributed by atoms with Crippen LogP contribution in [0.5, 0.6) is 0 Å². The summed E-state index contributed by atoms with van der Waals surface area (Å²) in [5.41, 5.74) is 2.57. The van der Waals surface area contributed by atoms with Crippen LogP contribution in [0.25, 0.3) is 5.69 Å². The number of aromatic nitrogens is 3. The molecule has 4 N–H and O–H groups in total. The van der Waals surface area contributed by atoms with Crippen molar-refractivity contribution >= 4 is 17.5 Å². The molecule has 1 heterocycles. The first-order valence-electron chi connectivity index (χ1n) is 10.1. The number of nitrogens with zero attached hydrogens (tertiary/aromatic N) is 2. The number of hydrogen-bond acceptors (Lipinski definition) is 5. The van der Waals surface area contributed by atoms with E-state index in [-0.39, 0.29) is 17.6 Å². The van der Waals surface area contributed by atoms with Crippen molar-refractivity contribution in [2.45, 2.75) is 44.8 Å². The molecule has 1 aromatic heterocycles. The smallest absolute Gasteiger partial charge is 0.349 e. The number of H-pyrrole nitrogens is 1. The van der Waals surface area contributed by atoms with Gasteiger partial charge in [0.15, 0.2) is 0 Å². The van der Waals surface area contributed by atoms with Crippen molar-refractivity contribution in [1.82, 2.24) is 20.1 Å². The lowest BCUT2D eigenvalue weighted by molar-refractivity contribution is 0.0717. The third-order valence-corrected chi connectivity index (χ3v) is 5.32. The Kier molecular flexibility index (Phi) is 5.67. The molecule has 0 radical (unpaired) electrons. The van der Waals surface area contributed by atoms with Gasteiger partial charge in [0.05, 0.1) is 17.8 Å². The van der Waals surface area contributed by atoms with E-state index in [9.17, 15) is 14.7 Å². The van der Waals surface area contributed by atoms with Gasteiger partial charge in [-0.1, -0.05) is 25.0 Å². The Balaban J connectivity index is 1.43. The second-order valence-corrected chi connectivity index (χ2v) is 7.66. The average molecular weight is 407 g/mol. The molecule has 0 saturated heterocycles. The zero-order chi connectivity index (χ0) is 21.1.